The lowest BCUT2D eigenvalue weighted by Crippen LogP contribution is -2.44. The summed E-state index contributed by atoms with van der Waals surface area (Å²) in [4.78, 5) is 36.0. The van der Waals surface area contributed by atoms with Gasteiger partial charge in [0.15, 0.2) is 11.5 Å². The lowest BCUT2D eigenvalue weighted by molar-refractivity contribution is -0.146. The summed E-state index contributed by atoms with van der Waals surface area (Å²) in [5, 5.41) is 27.9. The van der Waals surface area contributed by atoms with Gasteiger partial charge < -0.3 is 20.1 Å². The highest BCUT2D eigenvalue weighted by Gasteiger charge is 2.40. The molecule has 1 aliphatic rings. The molecule has 0 spiro atoms. The van der Waals surface area contributed by atoms with Gasteiger partial charge in [0.05, 0.1) is 12.0 Å². The van der Waals surface area contributed by atoms with Gasteiger partial charge in [-0.15, -0.1) is 0 Å². The quantitative estimate of drug-likeness (QED) is 0.403. The minimum Gasteiger partial charge on any atom is -0.504 e. The zero-order valence-electron chi connectivity index (χ0n) is 13.8. The number of halogens is 1. The molecule has 144 valence electrons. The molecule has 0 radical (unpaired) electrons. The van der Waals surface area contributed by atoms with Gasteiger partial charge in [0.25, 0.3) is 5.91 Å². The standard InChI is InChI=1S/C16H14BrNO7S2/c1-25-11-4-7(8(17)6-10(11)19)5-12-14(22)18(16(26)27-12)9(15(23)24)2-3-13(20)21/h4-6,9,19H,2-3H2,1H3,(H,20,21)(H,23,24)/b12-5-/t9-/m1/s1. The average Bonchev–Trinajstić information content (AvgIpc) is 2.84. The summed E-state index contributed by atoms with van der Waals surface area (Å²) >= 11 is 9.32. The normalized spacial score (nSPS) is 16.7. The molecule has 1 atom stereocenters. The Bertz CT molecular complexity index is 855. The van der Waals surface area contributed by atoms with Crippen LogP contribution in [0.3, 0.4) is 0 Å². The fourth-order valence-electron chi connectivity index (χ4n) is 2.35. The highest BCUT2D eigenvalue weighted by molar-refractivity contribution is 9.10. The van der Waals surface area contributed by atoms with Crippen LogP contribution in [0.2, 0.25) is 0 Å². The molecule has 1 fully saturated rings. The smallest absolute Gasteiger partial charge is 0.326 e. The van der Waals surface area contributed by atoms with Crippen molar-refractivity contribution in [1.82, 2.24) is 4.90 Å². The zero-order chi connectivity index (χ0) is 20.3. The summed E-state index contributed by atoms with van der Waals surface area (Å²) in [5.74, 6) is -3.01. The van der Waals surface area contributed by atoms with E-state index in [9.17, 15) is 24.6 Å². The molecule has 0 bridgehead atoms. The van der Waals surface area contributed by atoms with Gasteiger partial charge in [-0.2, -0.15) is 0 Å². The van der Waals surface area contributed by atoms with Gasteiger partial charge in [0.2, 0.25) is 0 Å². The number of thioether (sulfide) groups is 1. The maximum absolute atomic E-state index is 12.7. The number of carboxylic acid groups (broad SMARTS) is 2. The van der Waals surface area contributed by atoms with Crippen molar-refractivity contribution < 1.29 is 34.4 Å². The van der Waals surface area contributed by atoms with Crippen LogP contribution in [-0.2, 0) is 14.4 Å². The number of carbonyl (C=O) groups is 3. The fourth-order valence-corrected chi connectivity index (χ4v) is 4.14. The first kappa shape index (κ1) is 21.2. The summed E-state index contributed by atoms with van der Waals surface area (Å²) in [5.41, 5.74) is 0.516. The molecule has 0 unspecified atom stereocenters. The first-order chi connectivity index (χ1) is 12.6. The van der Waals surface area contributed by atoms with Crippen molar-refractivity contribution in [2.75, 3.05) is 7.11 Å². The maximum atomic E-state index is 12.7. The topological polar surface area (TPSA) is 124 Å². The Kier molecular flexibility index (Phi) is 6.84. The number of phenolic OH excluding ortho intramolecular Hbond substituents is 1. The lowest BCUT2D eigenvalue weighted by Gasteiger charge is -2.22. The Morgan fingerprint density at radius 1 is 1.41 bits per heavy atom. The van der Waals surface area contributed by atoms with Crippen molar-refractivity contribution >= 4 is 68.2 Å². The van der Waals surface area contributed by atoms with E-state index in [1.165, 1.54) is 25.3 Å². The third-order valence-corrected chi connectivity index (χ3v) is 5.65. The number of nitrogens with zero attached hydrogens (tertiary/aromatic N) is 1. The summed E-state index contributed by atoms with van der Waals surface area (Å²) < 4.78 is 5.56. The Hall–Kier alpha value is -2.11. The van der Waals surface area contributed by atoms with E-state index in [1.807, 2.05) is 0 Å². The van der Waals surface area contributed by atoms with Crippen molar-refractivity contribution in [3.05, 3.63) is 27.1 Å². The molecule has 1 saturated heterocycles. The summed E-state index contributed by atoms with van der Waals surface area (Å²) in [6, 6.07) is 1.54. The van der Waals surface area contributed by atoms with E-state index in [0.717, 1.165) is 16.7 Å². The second-order valence-electron chi connectivity index (χ2n) is 5.38. The molecule has 3 N–H and O–H groups in total. The highest BCUT2D eigenvalue weighted by Crippen LogP contribution is 2.38. The summed E-state index contributed by atoms with van der Waals surface area (Å²) in [6.45, 7) is 0. The molecule has 1 aromatic rings. The average molecular weight is 476 g/mol. The highest BCUT2D eigenvalue weighted by atomic mass is 79.9. The Balaban J connectivity index is 2.35. The SMILES string of the molecule is COc1cc(/C=C2\SC(=S)N([C@H](CCC(=O)O)C(=O)O)C2=O)c(Br)cc1O. The van der Waals surface area contributed by atoms with E-state index in [4.69, 9.17) is 22.1 Å². The molecule has 8 nitrogen and oxygen atoms in total. The molecule has 1 amide bonds. The molecule has 1 aliphatic heterocycles. The number of thiocarbonyl (C=S) groups is 1. The van der Waals surface area contributed by atoms with Crippen molar-refractivity contribution in [1.29, 1.82) is 0 Å². The van der Waals surface area contributed by atoms with E-state index < -0.39 is 30.3 Å². The first-order valence-corrected chi connectivity index (χ1v) is 9.45. The number of rotatable bonds is 7. The predicted molar refractivity (Wildman–Crippen MR) is 106 cm³/mol. The van der Waals surface area contributed by atoms with Gasteiger partial charge in [0, 0.05) is 10.9 Å². The second kappa shape index (κ2) is 8.72. The van der Waals surface area contributed by atoms with Crippen LogP contribution in [0.25, 0.3) is 6.08 Å². The van der Waals surface area contributed by atoms with Crippen molar-refractivity contribution in [2.24, 2.45) is 0 Å². The minimum absolute atomic E-state index is 0.0332. The van der Waals surface area contributed by atoms with Crippen LogP contribution in [0.4, 0.5) is 0 Å². The number of hydrogen-bond donors (Lipinski definition) is 3. The molecule has 0 saturated carbocycles. The van der Waals surface area contributed by atoms with E-state index in [-0.39, 0.29) is 27.1 Å². The first-order valence-electron chi connectivity index (χ1n) is 7.43. The molecule has 1 heterocycles. The number of ether oxygens (including phenoxy) is 1. The van der Waals surface area contributed by atoms with E-state index in [1.54, 1.807) is 0 Å². The van der Waals surface area contributed by atoms with Crippen LogP contribution >= 0.6 is 39.9 Å². The van der Waals surface area contributed by atoms with E-state index >= 15 is 0 Å². The largest absolute Gasteiger partial charge is 0.504 e. The van der Waals surface area contributed by atoms with Gasteiger partial charge in [-0.05, 0) is 30.2 Å². The van der Waals surface area contributed by atoms with E-state index in [2.05, 4.69) is 15.9 Å². The molecule has 0 aromatic heterocycles. The minimum atomic E-state index is -1.36. The number of amides is 1. The number of benzene rings is 1. The predicted octanol–water partition coefficient (Wildman–Crippen LogP) is 2.68. The number of methoxy groups -OCH3 is 1. The van der Waals surface area contributed by atoms with E-state index in [0.29, 0.717) is 10.0 Å². The molecular formula is C16H14BrNO7S2. The zero-order valence-corrected chi connectivity index (χ0v) is 17.1. The van der Waals surface area contributed by atoms with Crippen LogP contribution < -0.4 is 4.74 Å². The van der Waals surface area contributed by atoms with Gasteiger partial charge in [0.1, 0.15) is 10.4 Å². The van der Waals surface area contributed by atoms with Crippen LogP contribution in [0.1, 0.15) is 18.4 Å². The number of carboxylic acids is 2. The van der Waals surface area contributed by atoms with Crippen LogP contribution in [0, 0.1) is 0 Å². The Morgan fingerprint density at radius 2 is 2.07 bits per heavy atom. The third-order valence-electron chi connectivity index (χ3n) is 3.64. The lowest BCUT2D eigenvalue weighted by atomic mass is 10.1. The van der Waals surface area contributed by atoms with Gasteiger partial charge >= 0.3 is 11.9 Å². The van der Waals surface area contributed by atoms with Gasteiger partial charge in [-0.1, -0.05) is 39.9 Å². The van der Waals surface area contributed by atoms with Crippen LogP contribution in [0.15, 0.2) is 21.5 Å². The maximum Gasteiger partial charge on any atom is 0.326 e. The molecule has 27 heavy (non-hydrogen) atoms. The number of carbonyl (C=O) groups excluding carboxylic acids is 1. The third kappa shape index (κ3) is 4.79. The number of hydrogen-bond acceptors (Lipinski definition) is 7. The van der Waals surface area contributed by atoms with Crippen molar-refractivity contribution in [3.63, 3.8) is 0 Å². The molecular weight excluding hydrogens is 462 g/mol. The molecule has 2 rings (SSSR count). The molecule has 0 aliphatic carbocycles. The number of aliphatic carboxylic acids is 2. The monoisotopic (exact) mass is 475 g/mol. The van der Waals surface area contributed by atoms with Crippen molar-refractivity contribution in [2.45, 2.75) is 18.9 Å². The molecule has 11 heteroatoms. The van der Waals surface area contributed by atoms with Crippen LogP contribution in [0.5, 0.6) is 11.5 Å². The summed E-state index contributed by atoms with van der Waals surface area (Å²) in [6.07, 6.45) is 0.816. The number of aromatic hydroxyl groups is 1. The Morgan fingerprint density at radius 3 is 2.63 bits per heavy atom. The Labute approximate surface area is 171 Å². The molecule has 1 aromatic carbocycles. The summed E-state index contributed by atoms with van der Waals surface area (Å²) in [7, 11) is 1.38. The second-order valence-corrected chi connectivity index (χ2v) is 7.91. The van der Waals surface area contributed by atoms with Gasteiger partial charge in [-0.3, -0.25) is 14.5 Å². The van der Waals surface area contributed by atoms with Gasteiger partial charge in [-0.25, -0.2) is 4.79 Å². The number of phenols is 1. The van der Waals surface area contributed by atoms with Crippen molar-refractivity contribution in [3.8, 4) is 11.5 Å². The fraction of sp³-hybridized carbons (Fsp3) is 0.250. The van der Waals surface area contributed by atoms with Crippen LogP contribution in [-0.4, -0.2) is 55.5 Å².